The Hall–Kier alpha value is -0.980. The summed E-state index contributed by atoms with van der Waals surface area (Å²) < 4.78 is 0. The van der Waals surface area contributed by atoms with Gasteiger partial charge in [-0.2, -0.15) is 0 Å². The quantitative estimate of drug-likeness (QED) is 0.781. The Balaban J connectivity index is 2.00. The molecule has 1 heteroatoms. The lowest BCUT2D eigenvalue weighted by Gasteiger charge is -2.34. The summed E-state index contributed by atoms with van der Waals surface area (Å²) in [6.45, 7) is 6.88. The van der Waals surface area contributed by atoms with E-state index in [4.69, 9.17) is 0 Å². The number of hydrogen-bond acceptors (Lipinski definition) is 1. The molecule has 1 aromatic carbocycles. The van der Waals surface area contributed by atoms with Crippen LogP contribution in [0.4, 0.5) is 5.69 Å². The number of benzene rings is 1. The number of nitrogens with one attached hydrogen (secondary N) is 1. The van der Waals surface area contributed by atoms with Crippen LogP contribution < -0.4 is 5.32 Å². The number of anilines is 1. The van der Waals surface area contributed by atoms with Crippen LogP contribution in [-0.2, 0) is 0 Å². The summed E-state index contributed by atoms with van der Waals surface area (Å²) in [6.07, 6.45) is 4.08. The van der Waals surface area contributed by atoms with E-state index in [1.165, 1.54) is 30.5 Å². The molecule has 1 fully saturated rings. The van der Waals surface area contributed by atoms with Crippen molar-refractivity contribution in [1.29, 1.82) is 0 Å². The van der Waals surface area contributed by atoms with Gasteiger partial charge in [0.15, 0.2) is 0 Å². The average molecular weight is 217 g/mol. The van der Waals surface area contributed by atoms with E-state index in [0.717, 1.165) is 11.8 Å². The van der Waals surface area contributed by atoms with Crippen molar-refractivity contribution < 1.29 is 0 Å². The molecule has 0 bridgehead atoms. The maximum atomic E-state index is 3.69. The second kappa shape index (κ2) is 4.90. The van der Waals surface area contributed by atoms with E-state index in [9.17, 15) is 0 Å². The SMILES string of the molecule is Cc1ccc(NC2CC(C)CCC2C)cc1. The molecule has 0 radical (unpaired) electrons. The van der Waals surface area contributed by atoms with Gasteiger partial charge in [0.05, 0.1) is 0 Å². The summed E-state index contributed by atoms with van der Waals surface area (Å²) in [7, 11) is 0. The van der Waals surface area contributed by atoms with E-state index in [2.05, 4.69) is 50.4 Å². The first-order valence-corrected chi connectivity index (χ1v) is 6.48. The number of rotatable bonds is 2. The molecule has 0 saturated heterocycles. The van der Waals surface area contributed by atoms with E-state index < -0.39 is 0 Å². The lowest BCUT2D eigenvalue weighted by Crippen LogP contribution is -2.33. The van der Waals surface area contributed by atoms with E-state index in [1.54, 1.807) is 0 Å². The van der Waals surface area contributed by atoms with Gasteiger partial charge in [-0.25, -0.2) is 0 Å². The Morgan fingerprint density at radius 1 is 1.06 bits per heavy atom. The second-order valence-corrected chi connectivity index (χ2v) is 5.51. The molecule has 3 unspecified atom stereocenters. The third-order valence-electron chi connectivity index (χ3n) is 3.86. The monoisotopic (exact) mass is 217 g/mol. The Morgan fingerprint density at radius 3 is 2.44 bits per heavy atom. The molecule has 0 heterocycles. The van der Waals surface area contributed by atoms with Gasteiger partial charge in [0.25, 0.3) is 0 Å². The van der Waals surface area contributed by atoms with E-state index in [0.29, 0.717) is 6.04 Å². The maximum Gasteiger partial charge on any atom is 0.0342 e. The number of hydrogen-bond donors (Lipinski definition) is 1. The third-order valence-corrected chi connectivity index (χ3v) is 3.86. The van der Waals surface area contributed by atoms with Gasteiger partial charge >= 0.3 is 0 Å². The molecular formula is C15H23N. The molecule has 0 spiro atoms. The third kappa shape index (κ3) is 2.78. The Labute approximate surface area is 99.3 Å². The first-order valence-electron chi connectivity index (χ1n) is 6.48. The molecule has 1 nitrogen and oxygen atoms in total. The molecular weight excluding hydrogens is 194 g/mol. The van der Waals surface area contributed by atoms with E-state index >= 15 is 0 Å². The maximum absolute atomic E-state index is 3.69. The van der Waals surface area contributed by atoms with Crippen molar-refractivity contribution in [2.75, 3.05) is 5.32 Å². The molecule has 1 aliphatic carbocycles. The van der Waals surface area contributed by atoms with Crippen molar-refractivity contribution >= 4 is 5.69 Å². The topological polar surface area (TPSA) is 12.0 Å². The van der Waals surface area contributed by atoms with Crippen molar-refractivity contribution in [1.82, 2.24) is 0 Å². The Morgan fingerprint density at radius 2 is 1.75 bits per heavy atom. The minimum Gasteiger partial charge on any atom is -0.382 e. The molecule has 88 valence electrons. The highest BCUT2D eigenvalue weighted by atomic mass is 14.9. The summed E-state index contributed by atoms with van der Waals surface area (Å²) in [4.78, 5) is 0. The van der Waals surface area contributed by atoms with Crippen LogP contribution in [0.2, 0.25) is 0 Å². The van der Waals surface area contributed by atoms with Gasteiger partial charge in [0.2, 0.25) is 0 Å². The van der Waals surface area contributed by atoms with E-state index in [-0.39, 0.29) is 0 Å². The van der Waals surface area contributed by atoms with Gasteiger partial charge in [-0.1, -0.05) is 38.0 Å². The fourth-order valence-electron chi connectivity index (χ4n) is 2.60. The molecule has 1 saturated carbocycles. The van der Waals surface area contributed by atoms with Crippen LogP contribution in [0.5, 0.6) is 0 Å². The highest BCUT2D eigenvalue weighted by Crippen LogP contribution is 2.30. The molecule has 2 rings (SSSR count). The number of aryl methyl sites for hydroxylation is 1. The molecule has 16 heavy (non-hydrogen) atoms. The smallest absolute Gasteiger partial charge is 0.0342 e. The van der Waals surface area contributed by atoms with Gasteiger partial charge in [-0.05, 0) is 43.7 Å². The zero-order valence-corrected chi connectivity index (χ0v) is 10.7. The zero-order valence-electron chi connectivity index (χ0n) is 10.7. The van der Waals surface area contributed by atoms with Crippen molar-refractivity contribution in [3.8, 4) is 0 Å². The summed E-state index contributed by atoms with van der Waals surface area (Å²) in [5.74, 6) is 1.68. The Kier molecular flexibility index (Phi) is 3.52. The fraction of sp³-hybridized carbons (Fsp3) is 0.600. The van der Waals surface area contributed by atoms with Crippen LogP contribution in [0.15, 0.2) is 24.3 Å². The van der Waals surface area contributed by atoms with Gasteiger partial charge in [-0.15, -0.1) is 0 Å². The molecule has 1 N–H and O–H groups in total. The fourth-order valence-corrected chi connectivity index (χ4v) is 2.60. The predicted molar refractivity (Wildman–Crippen MR) is 70.8 cm³/mol. The van der Waals surface area contributed by atoms with Crippen LogP contribution >= 0.6 is 0 Å². The minimum absolute atomic E-state index is 0.659. The molecule has 0 aliphatic heterocycles. The largest absolute Gasteiger partial charge is 0.382 e. The average Bonchev–Trinajstić information content (AvgIpc) is 2.27. The van der Waals surface area contributed by atoms with E-state index in [1.807, 2.05) is 0 Å². The summed E-state index contributed by atoms with van der Waals surface area (Å²) in [5.41, 5.74) is 2.60. The first-order chi connectivity index (χ1) is 7.65. The van der Waals surface area contributed by atoms with Crippen molar-refractivity contribution in [2.45, 2.75) is 46.1 Å². The van der Waals surface area contributed by atoms with Gasteiger partial charge in [-0.3, -0.25) is 0 Å². The van der Waals surface area contributed by atoms with Gasteiger partial charge in [0.1, 0.15) is 0 Å². The van der Waals surface area contributed by atoms with Crippen LogP contribution in [0, 0.1) is 18.8 Å². The van der Waals surface area contributed by atoms with Crippen molar-refractivity contribution in [2.24, 2.45) is 11.8 Å². The molecule has 1 aliphatic rings. The lowest BCUT2D eigenvalue weighted by molar-refractivity contribution is 0.281. The first kappa shape index (κ1) is 11.5. The van der Waals surface area contributed by atoms with Gasteiger partial charge < -0.3 is 5.32 Å². The lowest BCUT2D eigenvalue weighted by atomic mass is 9.80. The zero-order chi connectivity index (χ0) is 11.5. The minimum atomic E-state index is 0.659. The molecule has 0 aromatic heterocycles. The molecule has 0 amide bonds. The predicted octanol–water partition coefficient (Wildman–Crippen LogP) is 4.23. The normalized spacial score (nSPS) is 30.1. The van der Waals surface area contributed by atoms with Crippen LogP contribution in [0.25, 0.3) is 0 Å². The Bertz CT molecular complexity index is 328. The standard InChI is InChI=1S/C15H23N/c1-11-5-8-14(9-6-11)16-15-10-12(2)4-7-13(15)3/h5-6,8-9,12-13,15-16H,4,7,10H2,1-3H3. The summed E-state index contributed by atoms with van der Waals surface area (Å²) in [5, 5.41) is 3.69. The highest BCUT2D eigenvalue weighted by Gasteiger charge is 2.24. The molecule has 1 aromatic rings. The van der Waals surface area contributed by atoms with Crippen LogP contribution in [-0.4, -0.2) is 6.04 Å². The van der Waals surface area contributed by atoms with Gasteiger partial charge in [0, 0.05) is 11.7 Å². The van der Waals surface area contributed by atoms with Crippen LogP contribution in [0.1, 0.15) is 38.7 Å². The van der Waals surface area contributed by atoms with Crippen molar-refractivity contribution in [3.05, 3.63) is 29.8 Å². The highest BCUT2D eigenvalue weighted by molar-refractivity contribution is 5.45. The summed E-state index contributed by atoms with van der Waals surface area (Å²) >= 11 is 0. The van der Waals surface area contributed by atoms with Crippen LogP contribution in [0.3, 0.4) is 0 Å². The summed E-state index contributed by atoms with van der Waals surface area (Å²) in [6, 6.07) is 9.41. The second-order valence-electron chi connectivity index (χ2n) is 5.51. The van der Waals surface area contributed by atoms with Crippen molar-refractivity contribution in [3.63, 3.8) is 0 Å². The molecule has 3 atom stereocenters.